The fourth-order valence-electron chi connectivity index (χ4n) is 4.89. The fraction of sp³-hybridized carbons (Fsp3) is 0.571. The van der Waals surface area contributed by atoms with Crippen LogP contribution in [0.2, 0.25) is 0 Å². The summed E-state index contributed by atoms with van der Waals surface area (Å²) in [6.45, 7) is 1.90. The van der Waals surface area contributed by atoms with Crippen LogP contribution in [0, 0.1) is 11.8 Å². The molecule has 0 radical (unpaired) electrons. The van der Waals surface area contributed by atoms with Crippen LogP contribution in [0.15, 0.2) is 29.1 Å². The molecule has 28 heavy (non-hydrogen) atoms. The second kappa shape index (κ2) is 6.79. The van der Waals surface area contributed by atoms with Crippen molar-refractivity contribution in [2.75, 3.05) is 19.6 Å². The van der Waals surface area contributed by atoms with Crippen LogP contribution in [0.3, 0.4) is 0 Å². The highest BCUT2D eigenvalue weighted by Gasteiger charge is 2.42. The molecular weight excluding hydrogens is 356 g/mol. The highest BCUT2D eigenvalue weighted by molar-refractivity contribution is 5.83. The zero-order valence-corrected chi connectivity index (χ0v) is 16.0. The number of fused-ring (bicyclic) bond motifs is 5. The zero-order chi connectivity index (χ0) is 19.3. The number of aromatic amines is 1. The average molecular weight is 382 g/mol. The number of nitrogens with one attached hydrogen (secondary N) is 1. The number of para-hydroxylation sites is 1. The standard InChI is InChI=1S/C21H26N4O3/c26-19(13-25-21(28)17-6-1-2-7-18(17)22-25)23-11-15-8-9-16(12-23)24(20(15)27)10-14-4-3-5-14/h1-2,6-7,14-16,22H,3-5,8-13H2/t15-,16+/m1/s1. The molecule has 1 aromatic carbocycles. The van der Waals surface area contributed by atoms with Crippen LogP contribution in [-0.4, -0.2) is 57.1 Å². The van der Waals surface area contributed by atoms with Gasteiger partial charge in [0.25, 0.3) is 5.56 Å². The molecule has 3 saturated heterocycles. The molecule has 1 saturated carbocycles. The van der Waals surface area contributed by atoms with Crippen molar-refractivity contribution in [1.82, 2.24) is 19.6 Å². The predicted molar refractivity (Wildman–Crippen MR) is 105 cm³/mol. The number of H-pyrrole nitrogens is 1. The molecule has 4 fully saturated rings. The van der Waals surface area contributed by atoms with Gasteiger partial charge in [-0.05, 0) is 43.7 Å². The molecule has 2 amide bonds. The minimum Gasteiger partial charge on any atom is -0.338 e. The average Bonchev–Trinajstić information content (AvgIpc) is 2.81. The van der Waals surface area contributed by atoms with Crippen molar-refractivity contribution in [3.63, 3.8) is 0 Å². The number of rotatable bonds is 4. The van der Waals surface area contributed by atoms with Crippen LogP contribution < -0.4 is 5.56 Å². The third kappa shape index (κ3) is 2.93. The quantitative estimate of drug-likeness (QED) is 0.872. The smallest absolute Gasteiger partial charge is 0.274 e. The molecule has 0 spiro atoms. The third-order valence-electron chi connectivity index (χ3n) is 6.78. The number of nitrogens with zero attached hydrogens (tertiary/aromatic N) is 3. The Morgan fingerprint density at radius 2 is 1.89 bits per heavy atom. The van der Waals surface area contributed by atoms with Gasteiger partial charge in [0.05, 0.1) is 16.8 Å². The van der Waals surface area contributed by atoms with E-state index in [-0.39, 0.29) is 35.9 Å². The van der Waals surface area contributed by atoms with E-state index in [4.69, 9.17) is 0 Å². The van der Waals surface area contributed by atoms with Gasteiger partial charge in [-0.1, -0.05) is 18.6 Å². The lowest BCUT2D eigenvalue weighted by molar-refractivity contribution is -0.141. The van der Waals surface area contributed by atoms with Gasteiger partial charge in [-0.25, -0.2) is 4.68 Å². The highest BCUT2D eigenvalue weighted by Crippen LogP contribution is 2.34. The second-order valence-electron chi connectivity index (χ2n) is 8.56. The monoisotopic (exact) mass is 382 g/mol. The summed E-state index contributed by atoms with van der Waals surface area (Å²) in [5.74, 6) is 0.671. The topological polar surface area (TPSA) is 78.4 Å². The van der Waals surface area contributed by atoms with E-state index in [0.29, 0.717) is 24.4 Å². The molecule has 1 aliphatic carbocycles. The molecule has 4 aliphatic rings. The number of aromatic nitrogens is 2. The fourth-order valence-corrected chi connectivity index (χ4v) is 4.89. The third-order valence-corrected chi connectivity index (χ3v) is 6.78. The Hall–Kier alpha value is -2.57. The van der Waals surface area contributed by atoms with Crippen molar-refractivity contribution >= 4 is 22.7 Å². The molecule has 4 heterocycles. The number of hydrogen-bond acceptors (Lipinski definition) is 3. The van der Waals surface area contributed by atoms with Gasteiger partial charge in [0.15, 0.2) is 0 Å². The van der Waals surface area contributed by atoms with Gasteiger partial charge in [0.1, 0.15) is 6.54 Å². The number of hydrogen-bond donors (Lipinski definition) is 1. The van der Waals surface area contributed by atoms with Crippen LogP contribution in [0.5, 0.6) is 0 Å². The molecule has 1 N–H and O–H groups in total. The number of benzene rings is 1. The summed E-state index contributed by atoms with van der Waals surface area (Å²) in [4.78, 5) is 42.3. The Balaban J connectivity index is 1.33. The number of carbonyl (C=O) groups is 2. The molecule has 7 heteroatoms. The summed E-state index contributed by atoms with van der Waals surface area (Å²) < 4.78 is 1.38. The molecule has 0 unspecified atom stereocenters. The lowest BCUT2D eigenvalue weighted by Crippen LogP contribution is -2.50. The van der Waals surface area contributed by atoms with Crippen LogP contribution in [-0.2, 0) is 16.1 Å². The van der Waals surface area contributed by atoms with E-state index < -0.39 is 0 Å². The van der Waals surface area contributed by atoms with E-state index in [1.54, 1.807) is 11.0 Å². The first-order valence-corrected chi connectivity index (χ1v) is 10.4. The Bertz CT molecular complexity index is 973. The Labute approximate surface area is 163 Å². The van der Waals surface area contributed by atoms with E-state index in [1.807, 2.05) is 18.2 Å². The number of amides is 2. The molecule has 148 valence electrons. The van der Waals surface area contributed by atoms with Crippen molar-refractivity contribution in [3.05, 3.63) is 34.6 Å². The molecule has 2 atom stereocenters. The maximum Gasteiger partial charge on any atom is 0.274 e. The lowest BCUT2D eigenvalue weighted by Gasteiger charge is -2.40. The maximum atomic E-state index is 13.0. The molecule has 1 aromatic heterocycles. The minimum atomic E-state index is -0.176. The summed E-state index contributed by atoms with van der Waals surface area (Å²) in [6.07, 6.45) is 5.53. The van der Waals surface area contributed by atoms with Crippen LogP contribution in [0.1, 0.15) is 32.1 Å². The van der Waals surface area contributed by atoms with Gasteiger partial charge in [-0.3, -0.25) is 19.5 Å². The van der Waals surface area contributed by atoms with Crippen molar-refractivity contribution in [1.29, 1.82) is 0 Å². The summed E-state index contributed by atoms with van der Waals surface area (Å²) in [5.41, 5.74) is 0.558. The Morgan fingerprint density at radius 3 is 2.64 bits per heavy atom. The van der Waals surface area contributed by atoms with E-state index in [0.717, 1.165) is 24.9 Å². The van der Waals surface area contributed by atoms with Crippen LogP contribution >= 0.6 is 0 Å². The molecule has 3 aliphatic heterocycles. The number of carbonyl (C=O) groups excluding carboxylic acids is 2. The number of piperidine rings is 1. The molecule has 2 aromatic rings. The molecular formula is C21H26N4O3. The van der Waals surface area contributed by atoms with Crippen LogP contribution in [0.25, 0.3) is 10.9 Å². The second-order valence-corrected chi connectivity index (χ2v) is 8.56. The largest absolute Gasteiger partial charge is 0.338 e. The van der Waals surface area contributed by atoms with Crippen molar-refractivity contribution in [2.24, 2.45) is 11.8 Å². The Kier molecular flexibility index (Phi) is 4.25. The summed E-state index contributed by atoms with van der Waals surface area (Å²) in [5, 5.41) is 3.62. The van der Waals surface area contributed by atoms with Gasteiger partial charge in [0, 0.05) is 25.7 Å². The van der Waals surface area contributed by atoms with Gasteiger partial charge >= 0.3 is 0 Å². The van der Waals surface area contributed by atoms with Gasteiger partial charge in [-0.15, -0.1) is 0 Å². The predicted octanol–water partition coefficient (Wildman–Crippen LogP) is 1.58. The summed E-state index contributed by atoms with van der Waals surface area (Å²) in [7, 11) is 0. The molecule has 2 bridgehead atoms. The van der Waals surface area contributed by atoms with E-state index in [9.17, 15) is 14.4 Å². The van der Waals surface area contributed by atoms with Gasteiger partial charge < -0.3 is 9.80 Å². The summed E-state index contributed by atoms with van der Waals surface area (Å²) in [6, 6.07) is 7.40. The lowest BCUT2D eigenvalue weighted by atomic mass is 9.83. The first kappa shape index (κ1) is 17.5. The highest BCUT2D eigenvalue weighted by atomic mass is 16.2. The summed E-state index contributed by atoms with van der Waals surface area (Å²) >= 11 is 0. The maximum absolute atomic E-state index is 13.0. The Morgan fingerprint density at radius 1 is 1.07 bits per heavy atom. The van der Waals surface area contributed by atoms with Crippen molar-refractivity contribution in [3.8, 4) is 0 Å². The zero-order valence-electron chi connectivity index (χ0n) is 16.0. The normalized spacial score (nSPS) is 25.2. The van der Waals surface area contributed by atoms with Crippen molar-refractivity contribution < 1.29 is 9.59 Å². The molecule has 6 rings (SSSR count). The van der Waals surface area contributed by atoms with Crippen LogP contribution in [0.4, 0.5) is 0 Å². The SMILES string of the molecule is O=C(Cn1[nH]c2ccccc2c1=O)N1C[C@H]2CC[C@@H](C1)N(CC1CCC1)C2=O. The van der Waals surface area contributed by atoms with E-state index >= 15 is 0 Å². The first-order valence-electron chi connectivity index (χ1n) is 10.4. The van der Waals surface area contributed by atoms with E-state index in [1.165, 1.54) is 23.9 Å². The van der Waals surface area contributed by atoms with Crippen molar-refractivity contribution in [2.45, 2.75) is 44.7 Å². The molecule has 7 nitrogen and oxygen atoms in total. The van der Waals surface area contributed by atoms with Gasteiger partial charge in [0.2, 0.25) is 11.8 Å². The van der Waals surface area contributed by atoms with Gasteiger partial charge in [-0.2, -0.15) is 0 Å². The van der Waals surface area contributed by atoms with E-state index in [2.05, 4.69) is 10.00 Å². The minimum absolute atomic E-state index is 0.0101. The first-order chi connectivity index (χ1) is 13.6.